The van der Waals surface area contributed by atoms with Crippen molar-refractivity contribution in [2.75, 3.05) is 7.05 Å². The van der Waals surface area contributed by atoms with Crippen LogP contribution in [0.25, 0.3) is 0 Å². The minimum absolute atomic E-state index is 0.0125. The van der Waals surface area contributed by atoms with E-state index < -0.39 is 22.6 Å². The van der Waals surface area contributed by atoms with Crippen LogP contribution in [0, 0.1) is 5.82 Å². The van der Waals surface area contributed by atoms with Gasteiger partial charge in [0.05, 0.1) is 0 Å². The Hall–Kier alpha value is -2.70. The Morgan fingerprint density at radius 3 is 2.63 bits per heavy atom. The lowest BCUT2D eigenvalue weighted by molar-refractivity contribution is 0.0660. The van der Waals surface area contributed by atoms with Gasteiger partial charge in [-0.25, -0.2) is 4.39 Å². The second-order valence-electron chi connectivity index (χ2n) is 8.70. The molecule has 160 valence electrons. The molecule has 2 heterocycles. The Kier molecular flexibility index (Phi) is 5.16. The summed E-state index contributed by atoms with van der Waals surface area (Å²) >= 11 is 0. The molecule has 1 aliphatic heterocycles. The lowest BCUT2D eigenvalue weighted by atomic mass is 9.75. The molecular weight excluding hydrogens is 385 g/mol. The Morgan fingerprint density at radius 1 is 1.27 bits per heavy atom. The van der Waals surface area contributed by atoms with Crippen LogP contribution in [-0.4, -0.2) is 38.6 Å². The summed E-state index contributed by atoms with van der Waals surface area (Å²) in [5, 5.41) is 10.3. The number of carbonyl (C=O) groups excluding carboxylic acids is 1. The Morgan fingerprint density at radius 2 is 1.97 bits per heavy atom. The van der Waals surface area contributed by atoms with Crippen LogP contribution in [0.2, 0.25) is 0 Å². The molecule has 2 aliphatic rings. The molecule has 7 heteroatoms. The summed E-state index contributed by atoms with van der Waals surface area (Å²) in [6.07, 6.45) is 4.52. The van der Waals surface area contributed by atoms with Gasteiger partial charge in [-0.3, -0.25) is 9.59 Å². The quantitative estimate of drug-likeness (QED) is 0.835. The predicted molar refractivity (Wildman–Crippen MR) is 111 cm³/mol. The fourth-order valence-corrected chi connectivity index (χ4v) is 5.05. The molecule has 1 aromatic heterocycles. The second kappa shape index (κ2) is 7.52. The third kappa shape index (κ3) is 3.11. The molecule has 30 heavy (non-hydrogen) atoms. The number of benzene rings is 1. The van der Waals surface area contributed by atoms with Crippen molar-refractivity contribution in [2.24, 2.45) is 0 Å². The van der Waals surface area contributed by atoms with Crippen LogP contribution in [0.4, 0.5) is 4.39 Å². The number of amides is 1. The maximum atomic E-state index is 15.3. The number of fused-ring (bicyclic) bond motifs is 1. The SMILES string of the molecule is CCc1cccc(C2(Cc3nc(=O)c(O)c4n3C[C@H](C)N(C)C4=O)CCCC2)c1F. The fraction of sp³-hybridized carbons (Fsp3) is 0.522. The first-order valence-corrected chi connectivity index (χ1v) is 10.7. The molecule has 1 saturated carbocycles. The Labute approximate surface area is 175 Å². The van der Waals surface area contributed by atoms with Crippen molar-refractivity contribution >= 4 is 5.91 Å². The fourth-order valence-electron chi connectivity index (χ4n) is 5.05. The average molecular weight is 413 g/mol. The number of halogens is 1. The molecule has 6 nitrogen and oxygen atoms in total. The number of likely N-dealkylation sites (N-methyl/N-ethyl adjacent to an activating group) is 1. The largest absolute Gasteiger partial charge is 0.501 e. The van der Waals surface area contributed by atoms with E-state index in [4.69, 9.17) is 0 Å². The number of hydrogen-bond acceptors (Lipinski definition) is 4. The minimum Gasteiger partial charge on any atom is -0.501 e. The highest BCUT2D eigenvalue weighted by atomic mass is 19.1. The van der Waals surface area contributed by atoms with Crippen molar-refractivity contribution in [1.29, 1.82) is 0 Å². The zero-order chi connectivity index (χ0) is 21.6. The lowest BCUT2D eigenvalue weighted by Crippen LogP contribution is -2.47. The van der Waals surface area contributed by atoms with Crippen LogP contribution < -0.4 is 5.56 Å². The molecular formula is C23H28FN3O3. The minimum atomic E-state index is -0.802. The van der Waals surface area contributed by atoms with Gasteiger partial charge in [0.2, 0.25) is 5.75 Å². The zero-order valence-corrected chi connectivity index (χ0v) is 17.7. The van der Waals surface area contributed by atoms with Crippen LogP contribution in [0.1, 0.15) is 67.0 Å². The van der Waals surface area contributed by atoms with E-state index in [-0.39, 0.29) is 17.6 Å². The van der Waals surface area contributed by atoms with E-state index >= 15 is 4.39 Å². The highest BCUT2D eigenvalue weighted by Crippen LogP contribution is 2.45. The van der Waals surface area contributed by atoms with Crippen LogP contribution in [0.15, 0.2) is 23.0 Å². The van der Waals surface area contributed by atoms with Crippen molar-refractivity contribution in [3.05, 3.63) is 57.0 Å². The molecule has 1 N–H and O–H groups in total. The Balaban J connectivity index is 1.87. The highest BCUT2D eigenvalue weighted by Gasteiger charge is 2.41. The molecule has 0 unspecified atom stereocenters. The molecule has 0 saturated heterocycles. The molecule has 4 rings (SSSR count). The predicted octanol–water partition coefficient (Wildman–Crippen LogP) is 3.18. The summed E-state index contributed by atoms with van der Waals surface area (Å²) in [5.74, 6) is -0.732. The van der Waals surface area contributed by atoms with Crippen LogP contribution in [0.3, 0.4) is 0 Å². The molecule has 1 amide bonds. The summed E-state index contributed by atoms with van der Waals surface area (Å²) in [5.41, 5.74) is 0.0672. The first-order chi connectivity index (χ1) is 14.3. The topological polar surface area (TPSA) is 75.4 Å². The molecule has 1 fully saturated rings. The normalized spacial score (nSPS) is 20.5. The number of carbonyl (C=O) groups is 1. The van der Waals surface area contributed by atoms with Gasteiger partial charge < -0.3 is 14.6 Å². The number of rotatable bonds is 4. The lowest BCUT2D eigenvalue weighted by Gasteiger charge is -2.36. The third-order valence-electron chi connectivity index (χ3n) is 6.96. The maximum absolute atomic E-state index is 15.3. The first-order valence-electron chi connectivity index (χ1n) is 10.7. The van der Waals surface area contributed by atoms with E-state index in [1.54, 1.807) is 11.6 Å². The standard InChI is InChI=1S/C23H28FN3O3/c1-4-15-8-7-9-16(18(15)24)23(10-5-6-11-23)12-17-25-21(29)20(28)19-22(30)26(3)14(2)13-27(17)19/h7-9,14,28H,4-6,10-13H2,1-3H3/t14-/m0/s1. The maximum Gasteiger partial charge on any atom is 0.315 e. The third-order valence-corrected chi connectivity index (χ3v) is 6.96. The van der Waals surface area contributed by atoms with Crippen LogP contribution >= 0.6 is 0 Å². The van der Waals surface area contributed by atoms with Gasteiger partial charge in [0.1, 0.15) is 11.6 Å². The van der Waals surface area contributed by atoms with Gasteiger partial charge in [0, 0.05) is 31.5 Å². The van der Waals surface area contributed by atoms with Crippen molar-refractivity contribution in [2.45, 2.75) is 70.4 Å². The summed E-state index contributed by atoms with van der Waals surface area (Å²) in [6, 6.07) is 5.44. The Bertz CT molecular complexity index is 1060. The van der Waals surface area contributed by atoms with Gasteiger partial charge in [0.25, 0.3) is 5.91 Å². The van der Waals surface area contributed by atoms with Gasteiger partial charge in [0.15, 0.2) is 5.69 Å². The van der Waals surface area contributed by atoms with E-state index in [0.717, 1.165) is 25.7 Å². The van der Waals surface area contributed by atoms with Crippen molar-refractivity contribution in [3.8, 4) is 5.75 Å². The van der Waals surface area contributed by atoms with Crippen molar-refractivity contribution in [1.82, 2.24) is 14.5 Å². The number of aromatic nitrogens is 2. The van der Waals surface area contributed by atoms with E-state index in [1.807, 2.05) is 32.0 Å². The molecule has 1 aromatic carbocycles. The average Bonchev–Trinajstić information content (AvgIpc) is 3.19. The van der Waals surface area contributed by atoms with E-state index in [0.29, 0.717) is 36.3 Å². The molecule has 2 aromatic rings. The van der Waals surface area contributed by atoms with E-state index in [1.165, 1.54) is 4.90 Å². The molecule has 0 bridgehead atoms. The zero-order valence-electron chi connectivity index (χ0n) is 17.7. The van der Waals surface area contributed by atoms with Gasteiger partial charge in [-0.15, -0.1) is 0 Å². The van der Waals surface area contributed by atoms with Crippen molar-refractivity contribution < 1.29 is 14.3 Å². The smallest absolute Gasteiger partial charge is 0.315 e. The monoisotopic (exact) mass is 413 g/mol. The summed E-state index contributed by atoms with van der Waals surface area (Å²) < 4.78 is 17.0. The van der Waals surface area contributed by atoms with Gasteiger partial charge in [-0.1, -0.05) is 38.0 Å². The molecule has 1 atom stereocenters. The summed E-state index contributed by atoms with van der Waals surface area (Å²) in [6.45, 7) is 4.28. The van der Waals surface area contributed by atoms with Crippen molar-refractivity contribution in [3.63, 3.8) is 0 Å². The molecule has 1 aliphatic carbocycles. The summed E-state index contributed by atoms with van der Waals surface area (Å²) in [7, 11) is 1.66. The van der Waals surface area contributed by atoms with Gasteiger partial charge >= 0.3 is 5.56 Å². The number of hydrogen-bond donors (Lipinski definition) is 1. The number of aromatic hydroxyl groups is 1. The van der Waals surface area contributed by atoms with E-state index in [2.05, 4.69) is 4.98 Å². The molecule has 0 radical (unpaired) electrons. The summed E-state index contributed by atoms with van der Waals surface area (Å²) in [4.78, 5) is 30.9. The molecule has 0 spiro atoms. The van der Waals surface area contributed by atoms with Crippen LogP contribution in [-0.2, 0) is 24.8 Å². The van der Waals surface area contributed by atoms with Gasteiger partial charge in [-0.2, -0.15) is 4.98 Å². The van der Waals surface area contributed by atoms with Crippen LogP contribution in [0.5, 0.6) is 5.75 Å². The number of nitrogens with zero attached hydrogens (tertiary/aromatic N) is 3. The van der Waals surface area contributed by atoms with Gasteiger partial charge in [-0.05, 0) is 37.3 Å². The first kappa shape index (κ1) is 20.6. The second-order valence-corrected chi connectivity index (χ2v) is 8.70. The number of aryl methyl sites for hydroxylation is 1. The van der Waals surface area contributed by atoms with E-state index in [9.17, 15) is 14.7 Å². The highest BCUT2D eigenvalue weighted by molar-refractivity contribution is 5.95.